The fraction of sp³-hybridized carbons (Fsp3) is 0. The second-order valence-electron chi connectivity index (χ2n) is 4.74. The Balaban J connectivity index is 2.10. The van der Waals surface area contributed by atoms with E-state index in [-0.39, 0.29) is 11.3 Å². The van der Waals surface area contributed by atoms with Crippen LogP contribution >= 0.6 is 11.6 Å². The predicted molar refractivity (Wildman–Crippen MR) is 87.7 cm³/mol. The number of allylic oxidation sites excluding steroid dienone is 1. The highest BCUT2D eigenvalue weighted by molar-refractivity contribution is 6.32. The summed E-state index contributed by atoms with van der Waals surface area (Å²) >= 11 is 6.06. The maximum Gasteiger partial charge on any atom is 0.270 e. The molecule has 0 atom stereocenters. The van der Waals surface area contributed by atoms with Gasteiger partial charge in [0.2, 0.25) is 0 Å². The van der Waals surface area contributed by atoms with Crippen molar-refractivity contribution in [1.29, 1.82) is 5.26 Å². The third-order valence-corrected chi connectivity index (χ3v) is 3.60. The third kappa shape index (κ3) is 2.91. The maximum absolute atomic E-state index is 10.9. The molecule has 0 spiro atoms. The minimum Gasteiger partial charge on any atom is -0.337 e. The molecule has 0 radical (unpaired) electrons. The molecule has 112 valence electrons. The lowest BCUT2D eigenvalue weighted by atomic mass is 10.1. The number of nitriles is 1. The van der Waals surface area contributed by atoms with E-state index in [1.54, 1.807) is 0 Å². The van der Waals surface area contributed by atoms with Crippen LogP contribution in [0.3, 0.4) is 0 Å². The van der Waals surface area contributed by atoms with E-state index in [9.17, 15) is 15.4 Å². The highest BCUT2D eigenvalue weighted by atomic mass is 35.5. The van der Waals surface area contributed by atoms with Crippen molar-refractivity contribution in [2.24, 2.45) is 0 Å². The summed E-state index contributed by atoms with van der Waals surface area (Å²) in [4.78, 5) is 17.7. The first kappa shape index (κ1) is 14.8. The van der Waals surface area contributed by atoms with E-state index in [1.165, 1.54) is 24.3 Å². The van der Waals surface area contributed by atoms with Gasteiger partial charge in [-0.15, -0.1) is 0 Å². The van der Waals surface area contributed by atoms with E-state index < -0.39 is 4.92 Å². The number of aromatic amines is 1. The van der Waals surface area contributed by atoms with Gasteiger partial charge >= 0.3 is 0 Å². The van der Waals surface area contributed by atoms with Crippen molar-refractivity contribution < 1.29 is 4.92 Å². The molecule has 0 aliphatic heterocycles. The van der Waals surface area contributed by atoms with Gasteiger partial charge in [0, 0.05) is 22.7 Å². The van der Waals surface area contributed by atoms with Gasteiger partial charge in [-0.2, -0.15) is 5.26 Å². The van der Waals surface area contributed by atoms with Gasteiger partial charge in [-0.25, -0.2) is 4.98 Å². The molecule has 0 saturated heterocycles. The van der Waals surface area contributed by atoms with E-state index in [2.05, 4.69) is 9.97 Å². The van der Waals surface area contributed by atoms with Crippen LogP contribution in [0.15, 0.2) is 42.5 Å². The molecule has 1 aromatic heterocycles. The number of aromatic nitrogens is 2. The van der Waals surface area contributed by atoms with Crippen LogP contribution in [-0.4, -0.2) is 14.9 Å². The van der Waals surface area contributed by atoms with Crippen LogP contribution < -0.4 is 0 Å². The zero-order valence-electron chi connectivity index (χ0n) is 11.7. The molecule has 1 N–H and O–H groups in total. The van der Waals surface area contributed by atoms with Gasteiger partial charge in [0.25, 0.3) is 5.69 Å². The Morgan fingerprint density at radius 2 is 2.13 bits per heavy atom. The van der Waals surface area contributed by atoms with Gasteiger partial charge < -0.3 is 4.98 Å². The Bertz CT molecular complexity index is 952. The number of rotatable bonds is 3. The molecular formula is C16H9ClN4O2. The summed E-state index contributed by atoms with van der Waals surface area (Å²) in [5.41, 5.74) is 2.06. The first-order valence-electron chi connectivity index (χ1n) is 6.59. The minimum absolute atomic E-state index is 0.0949. The van der Waals surface area contributed by atoms with Crippen LogP contribution in [0, 0.1) is 21.4 Å². The van der Waals surface area contributed by atoms with Crippen molar-refractivity contribution in [2.45, 2.75) is 0 Å². The number of nitro benzene ring substituents is 1. The van der Waals surface area contributed by atoms with Crippen LogP contribution in [0.2, 0.25) is 5.02 Å². The monoisotopic (exact) mass is 324 g/mol. The Kier molecular flexibility index (Phi) is 3.79. The van der Waals surface area contributed by atoms with Crippen molar-refractivity contribution >= 4 is 40.0 Å². The van der Waals surface area contributed by atoms with E-state index >= 15 is 0 Å². The largest absolute Gasteiger partial charge is 0.337 e. The van der Waals surface area contributed by atoms with E-state index in [0.717, 1.165) is 11.0 Å². The van der Waals surface area contributed by atoms with Crippen molar-refractivity contribution in [3.63, 3.8) is 0 Å². The van der Waals surface area contributed by atoms with Gasteiger partial charge in [-0.1, -0.05) is 23.7 Å². The van der Waals surface area contributed by atoms with Crippen LogP contribution in [0.25, 0.3) is 22.7 Å². The summed E-state index contributed by atoms with van der Waals surface area (Å²) in [5, 5.41) is 20.6. The zero-order chi connectivity index (χ0) is 16.4. The number of hydrogen-bond donors (Lipinski definition) is 1. The highest BCUT2D eigenvalue weighted by Crippen LogP contribution is 2.26. The normalized spacial score (nSPS) is 11.4. The Morgan fingerprint density at radius 3 is 2.83 bits per heavy atom. The van der Waals surface area contributed by atoms with Gasteiger partial charge in [0.1, 0.15) is 11.9 Å². The number of fused-ring (bicyclic) bond motifs is 1. The van der Waals surface area contributed by atoms with Crippen LogP contribution in [0.4, 0.5) is 5.69 Å². The zero-order valence-corrected chi connectivity index (χ0v) is 12.4. The number of non-ortho nitro benzene ring substituents is 1. The number of nitro groups is 1. The molecule has 0 fully saturated rings. The first-order chi connectivity index (χ1) is 11.1. The Morgan fingerprint density at radius 1 is 1.35 bits per heavy atom. The molecule has 0 saturated carbocycles. The third-order valence-electron chi connectivity index (χ3n) is 3.26. The number of nitrogens with one attached hydrogen (secondary N) is 1. The first-order valence-corrected chi connectivity index (χ1v) is 6.97. The molecule has 1 heterocycles. The molecule has 6 nitrogen and oxygen atoms in total. The molecule has 0 unspecified atom stereocenters. The SMILES string of the molecule is N#C/C(=C/c1cc([N+](=O)[O-])ccc1Cl)c1nc2ccccc2[nH]1. The fourth-order valence-electron chi connectivity index (χ4n) is 2.14. The number of H-pyrrole nitrogens is 1. The topological polar surface area (TPSA) is 95.6 Å². The van der Waals surface area contributed by atoms with Crippen molar-refractivity contribution in [1.82, 2.24) is 9.97 Å². The number of nitrogens with zero attached hydrogens (tertiary/aromatic N) is 3. The van der Waals surface area contributed by atoms with Gasteiger partial charge in [0.05, 0.1) is 21.5 Å². The van der Waals surface area contributed by atoms with Crippen molar-refractivity contribution in [3.8, 4) is 6.07 Å². The van der Waals surface area contributed by atoms with Crippen LogP contribution in [-0.2, 0) is 0 Å². The van der Waals surface area contributed by atoms with E-state index in [4.69, 9.17) is 11.6 Å². The molecule has 23 heavy (non-hydrogen) atoms. The lowest BCUT2D eigenvalue weighted by Crippen LogP contribution is -1.90. The quantitative estimate of drug-likeness (QED) is 0.444. The predicted octanol–water partition coefficient (Wildman–Crippen LogP) is 4.19. The molecule has 0 aliphatic rings. The molecule has 3 aromatic rings. The Labute approximate surface area is 135 Å². The second-order valence-corrected chi connectivity index (χ2v) is 5.14. The second kappa shape index (κ2) is 5.91. The number of benzene rings is 2. The summed E-state index contributed by atoms with van der Waals surface area (Å²) < 4.78 is 0. The highest BCUT2D eigenvalue weighted by Gasteiger charge is 2.12. The van der Waals surface area contributed by atoms with Crippen molar-refractivity contribution in [2.75, 3.05) is 0 Å². The molecule has 2 aromatic carbocycles. The van der Waals surface area contributed by atoms with E-state index in [1.807, 2.05) is 30.3 Å². The number of para-hydroxylation sites is 2. The van der Waals surface area contributed by atoms with Crippen molar-refractivity contribution in [3.05, 3.63) is 69.0 Å². The lowest BCUT2D eigenvalue weighted by Gasteiger charge is -2.00. The molecule has 7 heteroatoms. The van der Waals surface area contributed by atoms with Gasteiger partial charge in [0.15, 0.2) is 0 Å². The summed E-state index contributed by atoms with van der Waals surface area (Å²) in [6.07, 6.45) is 1.48. The molecular weight excluding hydrogens is 316 g/mol. The average Bonchev–Trinajstić information content (AvgIpc) is 2.97. The molecule has 3 rings (SSSR count). The summed E-state index contributed by atoms with van der Waals surface area (Å²) in [6.45, 7) is 0. The van der Waals surface area contributed by atoms with Crippen LogP contribution in [0.5, 0.6) is 0 Å². The molecule has 0 aliphatic carbocycles. The number of halogens is 1. The summed E-state index contributed by atoms with van der Waals surface area (Å²) in [5.74, 6) is 0.385. The van der Waals surface area contributed by atoms with Gasteiger partial charge in [-0.05, 0) is 24.3 Å². The Hall–Kier alpha value is -3.17. The number of imidazole rings is 1. The average molecular weight is 325 g/mol. The summed E-state index contributed by atoms with van der Waals surface area (Å²) in [7, 11) is 0. The summed E-state index contributed by atoms with van der Waals surface area (Å²) in [6, 6.07) is 13.5. The van der Waals surface area contributed by atoms with E-state index in [0.29, 0.717) is 16.4 Å². The maximum atomic E-state index is 10.9. The fourth-order valence-corrected chi connectivity index (χ4v) is 2.32. The smallest absolute Gasteiger partial charge is 0.270 e. The number of hydrogen-bond acceptors (Lipinski definition) is 4. The minimum atomic E-state index is -0.513. The van der Waals surface area contributed by atoms with Crippen LogP contribution in [0.1, 0.15) is 11.4 Å². The van der Waals surface area contributed by atoms with Gasteiger partial charge in [-0.3, -0.25) is 10.1 Å². The standard InChI is InChI=1S/C16H9ClN4O2/c17-13-6-5-12(21(22)23)8-10(13)7-11(9-18)16-19-14-3-1-2-4-15(14)20-16/h1-8H,(H,19,20)/b11-7-. The lowest BCUT2D eigenvalue weighted by molar-refractivity contribution is -0.384. The molecule has 0 amide bonds. The molecule has 0 bridgehead atoms.